The monoisotopic (exact) mass is 921 g/mol. The van der Waals surface area contributed by atoms with E-state index in [1.54, 1.807) is 39.0 Å². The van der Waals surface area contributed by atoms with E-state index in [1.807, 2.05) is 78.9 Å². The molecule has 16 nitrogen and oxygen atoms in total. The second-order valence-electron chi connectivity index (χ2n) is 18.2. The summed E-state index contributed by atoms with van der Waals surface area (Å²) >= 11 is 0. The Morgan fingerprint density at radius 2 is 1.01 bits per heavy atom. The number of alkyl carbamates (subject to hydrolysis) is 1. The van der Waals surface area contributed by atoms with Gasteiger partial charge in [0.1, 0.15) is 50.1 Å². The van der Waals surface area contributed by atoms with Gasteiger partial charge in [0.25, 0.3) is 11.8 Å². The topological polar surface area (TPSA) is 207 Å². The van der Waals surface area contributed by atoms with Crippen molar-refractivity contribution < 1.29 is 52.3 Å². The van der Waals surface area contributed by atoms with E-state index in [9.17, 15) is 19.2 Å². The van der Waals surface area contributed by atoms with Crippen LogP contribution in [0.4, 0.5) is 4.79 Å². The maximum absolute atomic E-state index is 12.9. The third kappa shape index (κ3) is 15.2. The highest BCUT2D eigenvalue weighted by molar-refractivity contribution is 5.83. The van der Waals surface area contributed by atoms with Crippen LogP contribution < -0.4 is 55.4 Å². The van der Waals surface area contributed by atoms with Crippen molar-refractivity contribution in [2.45, 2.75) is 127 Å². The Labute approximate surface area is 391 Å². The van der Waals surface area contributed by atoms with Gasteiger partial charge in [-0.15, -0.1) is 0 Å². The molecule has 6 N–H and O–H groups in total. The Balaban J connectivity index is 0.000000209. The van der Waals surface area contributed by atoms with E-state index in [0.29, 0.717) is 47.7 Å². The second kappa shape index (κ2) is 23.2. The van der Waals surface area contributed by atoms with Gasteiger partial charge in [0, 0.05) is 36.3 Å². The predicted molar refractivity (Wildman–Crippen MR) is 249 cm³/mol. The third-order valence-electron chi connectivity index (χ3n) is 11.6. The molecule has 0 spiro atoms. The predicted octanol–water partition coefficient (Wildman–Crippen LogP) is 6.27. The molecule has 2 atom stereocenters. The van der Waals surface area contributed by atoms with Crippen molar-refractivity contribution in [3.05, 3.63) is 108 Å². The molecule has 16 heteroatoms. The van der Waals surface area contributed by atoms with Gasteiger partial charge < -0.3 is 60.2 Å². The molecule has 4 amide bonds. The van der Waals surface area contributed by atoms with Gasteiger partial charge in [-0.05, 0) is 108 Å². The van der Waals surface area contributed by atoms with Crippen LogP contribution in [0.2, 0.25) is 0 Å². The summed E-state index contributed by atoms with van der Waals surface area (Å²) in [7, 11) is 0. The summed E-state index contributed by atoms with van der Waals surface area (Å²) in [6.07, 6.45) is 4.53. The lowest BCUT2D eigenvalue weighted by molar-refractivity contribution is -0.132. The van der Waals surface area contributed by atoms with Crippen LogP contribution in [-0.4, -0.2) is 85.5 Å². The molecule has 4 aliphatic rings. The number of benzene rings is 4. The maximum atomic E-state index is 12.9. The largest absolute Gasteiger partial charge is 0.489 e. The van der Waals surface area contributed by atoms with E-state index >= 15 is 0 Å². The first-order chi connectivity index (χ1) is 32.3. The van der Waals surface area contributed by atoms with Gasteiger partial charge in [0.15, 0.2) is 23.0 Å². The van der Waals surface area contributed by atoms with Crippen LogP contribution in [0.5, 0.6) is 34.5 Å². The molecule has 0 saturated heterocycles. The highest BCUT2D eigenvalue weighted by Gasteiger charge is 2.32. The standard InChI is InChI=1S/C29H37N3O7.C22H26N2O4/c1-29(2,3)39-28(35)30-16-26(33)31-20-9-11-21(12-10-20)32-27(34)25-18-37-23-14-13-22(15-24(23)38-25)36-17-19-7-5-4-6-8-19;23-16-6-8-17(9-7-16)24-22(25)21-14-27-19-11-10-18(12-20(19)28-21)26-13-15-4-2-1-3-5-15/h4-8,13-15,20-21,25H,9-12,16-18H2,1-3H3,(H,30,35)(H,31,33)(H,32,34);1-5,10-12,16-17,21H,6-9,13-14,23H2,(H,24,25). The van der Waals surface area contributed by atoms with Gasteiger partial charge in [-0.25, -0.2) is 4.79 Å². The van der Waals surface area contributed by atoms with E-state index in [1.165, 1.54) is 0 Å². The fraction of sp³-hybridized carbons (Fsp3) is 0.451. The zero-order valence-corrected chi connectivity index (χ0v) is 38.5. The summed E-state index contributed by atoms with van der Waals surface area (Å²) in [6, 6.07) is 31.0. The first kappa shape index (κ1) is 48.3. The molecule has 8 rings (SSSR count). The third-order valence-corrected chi connectivity index (χ3v) is 11.6. The molecule has 2 fully saturated rings. The summed E-state index contributed by atoms with van der Waals surface area (Å²) in [6.45, 7) is 6.35. The molecule has 0 bridgehead atoms. The highest BCUT2D eigenvalue weighted by Crippen LogP contribution is 2.37. The minimum atomic E-state index is -0.766. The number of rotatable bonds is 13. The van der Waals surface area contributed by atoms with Gasteiger partial charge in [0.05, 0.1) is 0 Å². The van der Waals surface area contributed by atoms with Gasteiger partial charge >= 0.3 is 6.09 Å². The fourth-order valence-corrected chi connectivity index (χ4v) is 8.00. The van der Waals surface area contributed by atoms with E-state index in [-0.39, 0.29) is 61.6 Å². The normalized spacial score (nSPS) is 21.7. The molecule has 2 saturated carbocycles. The van der Waals surface area contributed by atoms with Gasteiger partial charge in [-0.2, -0.15) is 0 Å². The minimum Gasteiger partial charge on any atom is -0.489 e. The smallest absolute Gasteiger partial charge is 0.408 e. The summed E-state index contributed by atoms with van der Waals surface area (Å²) in [4.78, 5) is 49.4. The van der Waals surface area contributed by atoms with Crippen molar-refractivity contribution in [2.75, 3.05) is 19.8 Å². The number of fused-ring (bicyclic) bond motifs is 2. The summed E-state index contributed by atoms with van der Waals surface area (Å²) < 4.78 is 40.2. The van der Waals surface area contributed by atoms with Crippen LogP contribution >= 0.6 is 0 Å². The molecular weight excluding hydrogens is 859 g/mol. The Morgan fingerprint density at radius 3 is 1.46 bits per heavy atom. The molecule has 67 heavy (non-hydrogen) atoms. The number of hydrogen-bond acceptors (Lipinski definition) is 12. The van der Waals surface area contributed by atoms with E-state index in [4.69, 9.17) is 38.9 Å². The number of nitrogens with one attached hydrogen (secondary N) is 4. The quantitative estimate of drug-likeness (QED) is 0.101. The van der Waals surface area contributed by atoms with Crippen LogP contribution in [0.3, 0.4) is 0 Å². The van der Waals surface area contributed by atoms with Crippen LogP contribution in [0, 0.1) is 0 Å². The lowest BCUT2D eigenvalue weighted by atomic mass is 9.91. The molecule has 2 aliphatic carbocycles. The molecule has 358 valence electrons. The Hall–Kier alpha value is -6.68. The van der Waals surface area contributed by atoms with Gasteiger partial charge in [0.2, 0.25) is 18.1 Å². The van der Waals surface area contributed by atoms with Crippen molar-refractivity contribution in [2.24, 2.45) is 5.73 Å². The number of nitrogens with two attached hydrogens (primary N) is 1. The summed E-state index contributed by atoms with van der Waals surface area (Å²) in [5, 5.41) is 11.5. The minimum absolute atomic E-state index is 0.0125. The number of hydrogen-bond donors (Lipinski definition) is 5. The molecule has 4 aromatic rings. The zero-order chi connectivity index (χ0) is 47.2. The SMILES string of the molecule is CC(C)(C)OC(=O)NCC(=O)NC1CCC(NC(=O)C2COc3ccc(OCc4ccccc4)cc3O2)CC1.NC1CCC(NC(=O)C2COc3ccc(OCc4ccccc4)cc3O2)CC1. The highest BCUT2D eigenvalue weighted by atomic mass is 16.6. The van der Waals surface area contributed by atoms with Crippen LogP contribution in [-0.2, 0) is 32.3 Å². The zero-order valence-electron chi connectivity index (χ0n) is 38.5. The van der Waals surface area contributed by atoms with E-state index in [0.717, 1.165) is 62.5 Å². The molecule has 2 aliphatic heterocycles. The van der Waals surface area contributed by atoms with Gasteiger partial charge in [-0.3, -0.25) is 14.4 Å². The van der Waals surface area contributed by atoms with Crippen molar-refractivity contribution in [3.63, 3.8) is 0 Å². The Bertz CT molecular complexity index is 2260. The molecule has 4 aromatic carbocycles. The summed E-state index contributed by atoms with van der Waals surface area (Å²) in [5.41, 5.74) is 7.44. The van der Waals surface area contributed by atoms with Crippen molar-refractivity contribution >= 4 is 23.8 Å². The summed E-state index contributed by atoms with van der Waals surface area (Å²) in [5.74, 6) is 2.86. The first-order valence-corrected chi connectivity index (χ1v) is 23.1. The van der Waals surface area contributed by atoms with E-state index in [2.05, 4.69) is 21.3 Å². The van der Waals surface area contributed by atoms with Crippen LogP contribution in [0.15, 0.2) is 97.1 Å². The van der Waals surface area contributed by atoms with Crippen LogP contribution in [0.25, 0.3) is 0 Å². The Morgan fingerprint density at radius 1 is 0.582 bits per heavy atom. The average Bonchev–Trinajstić information content (AvgIpc) is 3.33. The molecule has 0 aromatic heterocycles. The van der Waals surface area contributed by atoms with Gasteiger partial charge in [-0.1, -0.05) is 60.7 Å². The second-order valence-corrected chi connectivity index (χ2v) is 18.2. The van der Waals surface area contributed by atoms with Crippen molar-refractivity contribution in [1.29, 1.82) is 0 Å². The lowest BCUT2D eigenvalue weighted by Gasteiger charge is -2.32. The molecule has 0 radical (unpaired) electrons. The molecule has 2 heterocycles. The number of ether oxygens (including phenoxy) is 7. The number of carbonyl (C=O) groups excluding carboxylic acids is 4. The molecular formula is C51H63N5O11. The van der Waals surface area contributed by atoms with Crippen molar-refractivity contribution in [1.82, 2.24) is 21.3 Å². The lowest BCUT2D eigenvalue weighted by Crippen LogP contribution is -2.50. The van der Waals surface area contributed by atoms with Crippen LogP contribution in [0.1, 0.15) is 83.3 Å². The first-order valence-electron chi connectivity index (χ1n) is 23.1. The molecule has 2 unspecified atom stereocenters. The number of amides is 4. The number of carbonyl (C=O) groups is 4. The van der Waals surface area contributed by atoms with E-state index < -0.39 is 23.9 Å². The van der Waals surface area contributed by atoms with Crippen molar-refractivity contribution in [3.8, 4) is 34.5 Å². The Kier molecular flexibility index (Phi) is 16.7. The fourth-order valence-electron chi connectivity index (χ4n) is 8.00. The average molecular weight is 922 g/mol. The maximum Gasteiger partial charge on any atom is 0.408 e.